The van der Waals surface area contributed by atoms with Crippen LogP contribution in [0.3, 0.4) is 0 Å². The van der Waals surface area contributed by atoms with Gasteiger partial charge in [-0.3, -0.25) is 4.79 Å². The van der Waals surface area contributed by atoms with Crippen LogP contribution >= 0.6 is 11.8 Å². The van der Waals surface area contributed by atoms with Crippen molar-refractivity contribution >= 4 is 17.7 Å². The molecule has 1 aromatic heterocycles. The molecule has 8 heteroatoms. The molecule has 1 fully saturated rings. The number of benzene rings is 1. The van der Waals surface area contributed by atoms with Crippen molar-refractivity contribution in [1.29, 1.82) is 0 Å². The van der Waals surface area contributed by atoms with Gasteiger partial charge in [-0.05, 0) is 38.0 Å². The van der Waals surface area contributed by atoms with Crippen LogP contribution in [0, 0.1) is 0 Å². The molecule has 2 aromatic rings. The third kappa shape index (κ3) is 3.81. The van der Waals surface area contributed by atoms with Crippen molar-refractivity contribution in [1.82, 2.24) is 15.5 Å². The average Bonchev–Trinajstić information content (AvgIpc) is 3.29. The molecule has 1 aliphatic carbocycles. The van der Waals surface area contributed by atoms with E-state index < -0.39 is 0 Å². The first kappa shape index (κ1) is 16.6. The molecule has 1 aromatic carbocycles. The predicted octanol–water partition coefficient (Wildman–Crippen LogP) is 2.51. The van der Waals surface area contributed by atoms with Crippen LogP contribution in [0.5, 0.6) is 11.5 Å². The van der Waals surface area contributed by atoms with Gasteiger partial charge in [0, 0.05) is 11.6 Å². The highest BCUT2D eigenvalue weighted by Gasteiger charge is 2.27. The SMILES string of the molecule is COc1ccc(-c2nnc(S[C@@H](C)C(=O)NC3CC3)o2)cc1OC. The second-order valence-electron chi connectivity index (χ2n) is 5.49. The Bertz CT molecular complexity index is 730. The summed E-state index contributed by atoms with van der Waals surface area (Å²) in [6, 6.07) is 5.69. The van der Waals surface area contributed by atoms with Gasteiger partial charge < -0.3 is 19.2 Å². The molecule has 0 radical (unpaired) electrons. The van der Waals surface area contributed by atoms with Crippen LogP contribution < -0.4 is 14.8 Å². The molecule has 128 valence electrons. The molecule has 0 spiro atoms. The zero-order valence-electron chi connectivity index (χ0n) is 13.7. The molecule has 0 bridgehead atoms. The number of methoxy groups -OCH3 is 2. The van der Waals surface area contributed by atoms with Gasteiger partial charge in [0.25, 0.3) is 5.22 Å². The van der Waals surface area contributed by atoms with E-state index >= 15 is 0 Å². The Kier molecular flexibility index (Phi) is 4.94. The number of ether oxygens (including phenoxy) is 2. The van der Waals surface area contributed by atoms with Crippen molar-refractivity contribution in [3.05, 3.63) is 18.2 Å². The minimum atomic E-state index is -0.288. The summed E-state index contributed by atoms with van der Waals surface area (Å²) >= 11 is 1.25. The van der Waals surface area contributed by atoms with Gasteiger partial charge in [-0.2, -0.15) is 0 Å². The lowest BCUT2D eigenvalue weighted by Gasteiger charge is -2.08. The average molecular weight is 349 g/mol. The topological polar surface area (TPSA) is 86.5 Å². The molecule has 24 heavy (non-hydrogen) atoms. The first-order chi connectivity index (χ1) is 11.6. The van der Waals surface area contributed by atoms with Crippen LogP contribution in [0.25, 0.3) is 11.5 Å². The summed E-state index contributed by atoms with van der Waals surface area (Å²) in [7, 11) is 3.14. The summed E-state index contributed by atoms with van der Waals surface area (Å²) in [5.74, 6) is 1.57. The van der Waals surface area contributed by atoms with Crippen LogP contribution in [-0.2, 0) is 4.79 Å². The van der Waals surface area contributed by atoms with Gasteiger partial charge in [-0.15, -0.1) is 10.2 Å². The maximum absolute atomic E-state index is 12.0. The van der Waals surface area contributed by atoms with Crippen molar-refractivity contribution in [3.63, 3.8) is 0 Å². The summed E-state index contributed by atoms with van der Waals surface area (Å²) in [5.41, 5.74) is 0.724. The standard InChI is InChI=1S/C16H19N3O4S/c1-9(14(20)17-11-5-6-11)24-16-19-18-15(23-16)10-4-7-12(21-2)13(8-10)22-3/h4,7-9,11H,5-6H2,1-3H3,(H,17,20)/t9-/m0/s1. The van der Waals surface area contributed by atoms with Crippen molar-refractivity contribution in [2.24, 2.45) is 0 Å². The van der Waals surface area contributed by atoms with Gasteiger partial charge in [0.15, 0.2) is 11.5 Å². The number of hydrogen-bond donors (Lipinski definition) is 1. The van der Waals surface area contributed by atoms with Gasteiger partial charge in [0.05, 0.1) is 19.5 Å². The molecule has 1 heterocycles. The summed E-state index contributed by atoms with van der Waals surface area (Å²) in [4.78, 5) is 12.0. The second-order valence-corrected chi connectivity index (χ2v) is 6.78. The highest BCUT2D eigenvalue weighted by molar-refractivity contribution is 8.00. The Labute approximate surface area is 144 Å². The van der Waals surface area contributed by atoms with Gasteiger partial charge in [-0.1, -0.05) is 11.8 Å². The molecule has 7 nitrogen and oxygen atoms in total. The minimum Gasteiger partial charge on any atom is -0.493 e. The van der Waals surface area contributed by atoms with E-state index in [1.54, 1.807) is 26.4 Å². The summed E-state index contributed by atoms with van der Waals surface area (Å²) in [6.07, 6.45) is 2.13. The number of nitrogens with zero attached hydrogens (tertiary/aromatic N) is 2. The minimum absolute atomic E-state index is 0.00614. The normalized spacial score (nSPS) is 15.0. The molecule has 1 aliphatic rings. The van der Waals surface area contributed by atoms with Crippen LogP contribution in [0.15, 0.2) is 27.8 Å². The number of amides is 1. The Morgan fingerprint density at radius 1 is 1.29 bits per heavy atom. The molecule has 1 atom stereocenters. The van der Waals surface area contributed by atoms with Crippen LogP contribution in [0.1, 0.15) is 19.8 Å². The number of nitrogens with one attached hydrogen (secondary N) is 1. The third-order valence-corrected chi connectivity index (χ3v) is 4.54. The van der Waals surface area contributed by atoms with E-state index in [1.165, 1.54) is 11.8 Å². The molecule has 3 rings (SSSR count). The molecule has 1 N–H and O–H groups in total. The molecule has 0 aliphatic heterocycles. The molecule has 0 saturated heterocycles. The maximum Gasteiger partial charge on any atom is 0.277 e. The molecular weight excluding hydrogens is 330 g/mol. The number of rotatable bonds is 7. The summed E-state index contributed by atoms with van der Waals surface area (Å²) in [5, 5.41) is 11.1. The molecule has 1 saturated carbocycles. The smallest absolute Gasteiger partial charge is 0.277 e. The summed E-state index contributed by atoms with van der Waals surface area (Å²) < 4.78 is 16.1. The fourth-order valence-corrected chi connectivity index (χ4v) is 2.79. The predicted molar refractivity (Wildman–Crippen MR) is 89.3 cm³/mol. The van der Waals surface area contributed by atoms with Crippen molar-refractivity contribution < 1.29 is 18.7 Å². The van der Waals surface area contributed by atoms with Crippen molar-refractivity contribution in [2.45, 2.75) is 36.3 Å². The van der Waals surface area contributed by atoms with Crippen LogP contribution in [0.4, 0.5) is 0 Å². The lowest BCUT2D eigenvalue weighted by atomic mass is 10.2. The first-order valence-electron chi connectivity index (χ1n) is 7.63. The van der Waals surface area contributed by atoms with E-state index in [2.05, 4.69) is 15.5 Å². The maximum atomic E-state index is 12.0. The number of thioether (sulfide) groups is 1. The summed E-state index contributed by atoms with van der Waals surface area (Å²) in [6.45, 7) is 1.82. The number of aromatic nitrogens is 2. The Balaban J connectivity index is 1.69. The second kappa shape index (κ2) is 7.12. The molecular formula is C16H19N3O4S. The number of carbonyl (C=O) groups excluding carboxylic acids is 1. The van der Waals surface area contributed by atoms with E-state index in [0.29, 0.717) is 28.7 Å². The highest BCUT2D eigenvalue weighted by Crippen LogP contribution is 2.33. The van der Waals surface area contributed by atoms with Gasteiger partial charge in [-0.25, -0.2) is 0 Å². The fourth-order valence-electron chi connectivity index (χ4n) is 2.09. The molecule has 0 unspecified atom stereocenters. The molecule has 1 amide bonds. The van der Waals surface area contributed by atoms with E-state index in [9.17, 15) is 4.79 Å². The van der Waals surface area contributed by atoms with Gasteiger partial charge >= 0.3 is 0 Å². The van der Waals surface area contributed by atoms with Gasteiger partial charge in [0.1, 0.15) is 0 Å². The first-order valence-corrected chi connectivity index (χ1v) is 8.51. The lowest BCUT2D eigenvalue weighted by molar-refractivity contribution is -0.120. The highest BCUT2D eigenvalue weighted by atomic mass is 32.2. The third-order valence-electron chi connectivity index (χ3n) is 3.61. The zero-order valence-corrected chi connectivity index (χ0v) is 14.6. The van der Waals surface area contributed by atoms with Crippen LogP contribution in [-0.4, -0.2) is 41.6 Å². The largest absolute Gasteiger partial charge is 0.493 e. The monoisotopic (exact) mass is 349 g/mol. The zero-order chi connectivity index (χ0) is 17.1. The van der Waals surface area contributed by atoms with E-state index in [-0.39, 0.29) is 11.2 Å². The van der Waals surface area contributed by atoms with E-state index in [0.717, 1.165) is 18.4 Å². The van der Waals surface area contributed by atoms with E-state index in [4.69, 9.17) is 13.9 Å². The van der Waals surface area contributed by atoms with Crippen LogP contribution in [0.2, 0.25) is 0 Å². The van der Waals surface area contributed by atoms with Crippen molar-refractivity contribution in [3.8, 4) is 23.0 Å². The number of carbonyl (C=O) groups is 1. The Morgan fingerprint density at radius 2 is 2.04 bits per heavy atom. The fraction of sp³-hybridized carbons (Fsp3) is 0.438. The number of hydrogen-bond acceptors (Lipinski definition) is 7. The van der Waals surface area contributed by atoms with Gasteiger partial charge in [0.2, 0.25) is 11.8 Å². The Morgan fingerprint density at radius 3 is 2.71 bits per heavy atom. The Hall–Kier alpha value is -2.22. The van der Waals surface area contributed by atoms with E-state index in [1.807, 2.05) is 13.0 Å². The quantitative estimate of drug-likeness (QED) is 0.769. The van der Waals surface area contributed by atoms with Crippen molar-refractivity contribution in [2.75, 3.05) is 14.2 Å². The lowest BCUT2D eigenvalue weighted by Crippen LogP contribution is -2.32.